The van der Waals surface area contributed by atoms with Crippen LogP contribution < -0.4 is 9.80 Å². The van der Waals surface area contributed by atoms with Gasteiger partial charge in [0.2, 0.25) is 0 Å². The number of rotatable bonds is 10. The van der Waals surface area contributed by atoms with Crippen LogP contribution in [0, 0.1) is 0 Å². The van der Waals surface area contributed by atoms with E-state index >= 15 is 0 Å². The van der Waals surface area contributed by atoms with E-state index in [-0.39, 0.29) is 5.41 Å². The maximum absolute atomic E-state index is 2.43. The standard InChI is InChI=1S/C67H50N2/c1-67(2)64-27-15-14-26-62(64)63-42-41-59(46-65(63)67)69(66-28-16-24-53-23-12-13-25-61(53)66)58-39-33-52(34-40-58)51-31-37-57(38-32-51)68(56-35-29-50(30-36-56)47-17-6-3-7-18-47)60-44-54(48-19-8-4-9-20-48)43-55(45-60)49-21-10-5-11-22-49/h3-46H,1-2H3. The maximum Gasteiger partial charge on any atom is 0.0540 e. The van der Waals surface area contributed by atoms with Gasteiger partial charge in [0.25, 0.3) is 0 Å². The minimum Gasteiger partial charge on any atom is -0.310 e. The van der Waals surface area contributed by atoms with Gasteiger partial charge in [0.05, 0.1) is 5.69 Å². The molecular weight excluding hydrogens is 833 g/mol. The summed E-state index contributed by atoms with van der Waals surface area (Å²) in [5.74, 6) is 0. The van der Waals surface area contributed by atoms with Crippen molar-refractivity contribution in [3.05, 3.63) is 278 Å². The first kappa shape index (κ1) is 41.7. The molecule has 11 aromatic carbocycles. The van der Waals surface area contributed by atoms with Gasteiger partial charge in [-0.2, -0.15) is 0 Å². The Labute approximate surface area is 405 Å². The lowest BCUT2D eigenvalue weighted by atomic mass is 9.82. The summed E-state index contributed by atoms with van der Waals surface area (Å²) < 4.78 is 0. The molecule has 0 saturated heterocycles. The Morgan fingerprint density at radius 3 is 1.25 bits per heavy atom. The highest BCUT2D eigenvalue weighted by atomic mass is 15.1. The fraction of sp³-hybridized carbons (Fsp3) is 0.0448. The van der Waals surface area contributed by atoms with Crippen LogP contribution in [0.5, 0.6) is 0 Å². The molecule has 0 radical (unpaired) electrons. The van der Waals surface area contributed by atoms with Crippen LogP contribution in [0.3, 0.4) is 0 Å². The van der Waals surface area contributed by atoms with E-state index < -0.39 is 0 Å². The Morgan fingerprint density at radius 2 is 0.681 bits per heavy atom. The number of fused-ring (bicyclic) bond motifs is 4. The molecule has 0 N–H and O–H groups in total. The highest BCUT2D eigenvalue weighted by Crippen LogP contribution is 2.51. The fourth-order valence-corrected chi connectivity index (χ4v) is 10.5. The normalized spacial score (nSPS) is 12.3. The van der Waals surface area contributed by atoms with Crippen LogP contribution in [0.15, 0.2) is 267 Å². The van der Waals surface area contributed by atoms with Crippen molar-refractivity contribution in [1.82, 2.24) is 0 Å². The number of hydrogen-bond donors (Lipinski definition) is 0. The first-order valence-corrected chi connectivity index (χ1v) is 23.9. The molecule has 0 saturated carbocycles. The molecule has 11 aromatic rings. The van der Waals surface area contributed by atoms with E-state index in [0.717, 1.165) is 45.3 Å². The monoisotopic (exact) mass is 882 g/mol. The molecule has 0 spiro atoms. The zero-order valence-electron chi connectivity index (χ0n) is 38.8. The molecule has 0 unspecified atom stereocenters. The van der Waals surface area contributed by atoms with Crippen molar-refractivity contribution in [2.45, 2.75) is 19.3 Å². The lowest BCUT2D eigenvalue weighted by molar-refractivity contribution is 0.660. The van der Waals surface area contributed by atoms with Crippen molar-refractivity contribution in [3.63, 3.8) is 0 Å². The summed E-state index contributed by atoms with van der Waals surface area (Å²) >= 11 is 0. The third-order valence-electron chi connectivity index (χ3n) is 14.0. The minimum absolute atomic E-state index is 0.113. The molecule has 0 aromatic heterocycles. The molecule has 1 aliphatic carbocycles. The van der Waals surface area contributed by atoms with Crippen LogP contribution in [0.4, 0.5) is 34.1 Å². The van der Waals surface area contributed by atoms with Gasteiger partial charge in [-0.25, -0.2) is 0 Å². The van der Waals surface area contributed by atoms with Gasteiger partial charge in [-0.05, 0) is 145 Å². The Balaban J connectivity index is 0.934. The number of anilines is 6. The zero-order valence-corrected chi connectivity index (χ0v) is 38.8. The van der Waals surface area contributed by atoms with Crippen molar-refractivity contribution in [2.75, 3.05) is 9.80 Å². The summed E-state index contributed by atoms with van der Waals surface area (Å²) in [7, 11) is 0. The Bertz CT molecular complexity index is 3530. The zero-order chi connectivity index (χ0) is 46.3. The van der Waals surface area contributed by atoms with E-state index in [0.29, 0.717) is 0 Å². The molecule has 0 bridgehead atoms. The quantitative estimate of drug-likeness (QED) is 0.135. The average molecular weight is 883 g/mol. The van der Waals surface area contributed by atoms with Gasteiger partial charge < -0.3 is 9.80 Å². The van der Waals surface area contributed by atoms with Crippen LogP contribution in [0.1, 0.15) is 25.0 Å². The second kappa shape index (κ2) is 17.5. The molecule has 0 atom stereocenters. The predicted octanol–water partition coefficient (Wildman–Crippen LogP) is 18.8. The van der Waals surface area contributed by atoms with Gasteiger partial charge in [-0.1, -0.05) is 208 Å². The minimum atomic E-state index is -0.113. The Kier molecular flexibility index (Phi) is 10.6. The lowest BCUT2D eigenvalue weighted by Crippen LogP contribution is -2.16. The van der Waals surface area contributed by atoms with E-state index in [2.05, 4.69) is 291 Å². The SMILES string of the molecule is CC1(C)c2ccccc2-c2ccc(N(c3ccc(-c4ccc(N(c5ccc(-c6ccccc6)cc5)c5cc(-c6ccccc6)cc(-c6ccccc6)c5)cc4)cc3)c3cccc4ccccc34)cc21. The third-order valence-corrected chi connectivity index (χ3v) is 14.0. The first-order valence-electron chi connectivity index (χ1n) is 23.9. The molecule has 328 valence electrons. The van der Waals surface area contributed by atoms with Gasteiger partial charge in [-0.15, -0.1) is 0 Å². The Hall–Kier alpha value is -8.72. The van der Waals surface area contributed by atoms with Crippen LogP contribution in [0.25, 0.3) is 66.4 Å². The van der Waals surface area contributed by atoms with Crippen LogP contribution in [-0.2, 0) is 5.41 Å². The Morgan fingerprint density at radius 1 is 0.261 bits per heavy atom. The second-order valence-corrected chi connectivity index (χ2v) is 18.6. The first-order chi connectivity index (χ1) is 34.0. The average Bonchev–Trinajstić information content (AvgIpc) is 3.65. The molecule has 2 nitrogen and oxygen atoms in total. The summed E-state index contributed by atoms with van der Waals surface area (Å²) in [6, 6.07) is 97.3. The fourth-order valence-electron chi connectivity index (χ4n) is 10.5. The largest absolute Gasteiger partial charge is 0.310 e. The molecule has 12 rings (SSSR count). The molecule has 0 fully saturated rings. The van der Waals surface area contributed by atoms with Crippen LogP contribution in [-0.4, -0.2) is 0 Å². The molecule has 0 amide bonds. The van der Waals surface area contributed by atoms with E-state index in [1.807, 2.05) is 0 Å². The van der Waals surface area contributed by atoms with E-state index in [9.17, 15) is 0 Å². The molecule has 2 heteroatoms. The summed E-state index contributed by atoms with van der Waals surface area (Å²) in [6.07, 6.45) is 0. The smallest absolute Gasteiger partial charge is 0.0540 e. The molecule has 1 aliphatic rings. The molecule has 0 heterocycles. The van der Waals surface area contributed by atoms with Crippen molar-refractivity contribution < 1.29 is 0 Å². The van der Waals surface area contributed by atoms with Crippen LogP contribution in [0.2, 0.25) is 0 Å². The van der Waals surface area contributed by atoms with Crippen LogP contribution >= 0.6 is 0 Å². The van der Waals surface area contributed by atoms with Gasteiger partial charge in [0.15, 0.2) is 0 Å². The summed E-state index contributed by atoms with van der Waals surface area (Å²) in [5.41, 5.74) is 21.3. The van der Waals surface area contributed by atoms with Gasteiger partial charge in [0, 0.05) is 39.2 Å². The highest BCUT2D eigenvalue weighted by molar-refractivity contribution is 5.99. The van der Waals surface area contributed by atoms with Crippen molar-refractivity contribution in [3.8, 4) is 55.6 Å². The summed E-state index contributed by atoms with van der Waals surface area (Å²) in [5, 5.41) is 2.43. The van der Waals surface area contributed by atoms with E-state index in [4.69, 9.17) is 0 Å². The van der Waals surface area contributed by atoms with Crippen molar-refractivity contribution in [2.24, 2.45) is 0 Å². The lowest BCUT2D eigenvalue weighted by Gasteiger charge is -2.29. The number of nitrogens with zero attached hydrogens (tertiary/aromatic N) is 2. The summed E-state index contributed by atoms with van der Waals surface area (Å²) in [6.45, 7) is 4.71. The third kappa shape index (κ3) is 7.76. The number of benzene rings is 11. The maximum atomic E-state index is 2.43. The van der Waals surface area contributed by atoms with E-state index in [1.165, 1.54) is 66.4 Å². The number of hydrogen-bond acceptors (Lipinski definition) is 2. The highest BCUT2D eigenvalue weighted by Gasteiger charge is 2.36. The van der Waals surface area contributed by atoms with Crippen molar-refractivity contribution in [1.29, 1.82) is 0 Å². The summed E-state index contributed by atoms with van der Waals surface area (Å²) in [4.78, 5) is 4.82. The predicted molar refractivity (Wildman–Crippen MR) is 293 cm³/mol. The molecular formula is C67H50N2. The second-order valence-electron chi connectivity index (χ2n) is 18.6. The van der Waals surface area contributed by atoms with Crippen molar-refractivity contribution >= 4 is 44.9 Å². The van der Waals surface area contributed by atoms with Gasteiger partial charge in [0.1, 0.15) is 0 Å². The topological polar surface area (TPSA) is 6.48 Å². The van der Waals surface area contributed by atoms with Gasteiger partial charge in [-0.3, -0.25) is 0 Å². The van der Waals surface area contributed by atoms with Gasteiger partial charge >= 0.3 is 0 Å². The molecule has 69 heavy (non-hydrogen) atoms. The van der Waals surface area contributed by atoms with E-state index in [1.54, 1.807) is 0 Å². The molecule has 0 aliphatic heterocycles.